The molecule has 0 aliphatic rings. The minimum atomic E-state index is 0.378. The summed E-state index contributed by atoms with van der Waals surface area (Å²) in [5.74, 6) is 0. The van der Waals surface area contributed by atoms with Gasteiger partial charge in [0.15, 0.2) is 0 Å². The van der Waals surface area contributed by atoms with Crippen LogP contribution < -0.4 is 5.32 Å². The van der Waals surface area contributed by atoms with Crippen molar-refractivity contribution in [3.63, 3.8) is 0 Å². The Balaban J connectivity index is 2.50. The lowest BCUT2D eigenvalue weighted by Crippen LogP contribution is -2.17. The van der Waals surface area contributed by atoms with E-state index in [2.05, 4.69) is 48.4 Å². The second-order valence-electron chi connectivity index (χ2n) is 3.72. The molecule has 78 valence electrons. The Kier molecular flexibility index (Phi) is 2.97. The number of benzene rings is 1. The van der Waals surface area contributed by atoms with Crippen LogP contribution in [0.4, 0.5) is 0 Å². The van der Waals surface area contributed by atoms with Gasteiger partial charge in [-0.25, -0.2) is 0 Å². The molecule has 1 heterocycles. The molecule has 1 N–H and O–H groups in total. The number of rotatable bonds is 3. The van der Waals surface area contributed by atoms with Gasteiger partial charge in [-0.2, -0.15) is 0 Å². The molecule has 2 rings (SSSR count). The summed E-state index contributed by atoms with van der Waals surface area (Å²) >= 11 is 0. The topological polar surface area (TPSA) is 24.9 Å². The predicted molar refractivity (Wildman–Crippen MR) is 63.8 cm³/mol. The zero-order valence-corrected chi connectivity index (χ0v) is 9.20. The Morgan fingerprint density at radius 2 is 2.20 bits per heavy atom. The van der Waals surface area contributed by atoms with Crippen LogP contribution in [-0.4, -0.2) is 11.5 Å². The molecule has 0 aliphatic carbocycles. The van der Waals surface area contributed by atoms with Gasteiger partial charge in [-0.15, -0.1) is 0 Å². The fourth-order valence-electron chi connectivity index (χ4n) is 1.93. The number of hydrogen-bond acceptors (Lipinski definition) is 2. The van der Waals surface area contributed by atoms with Gasteiger partial charge in [0, 0.05) is 23.8 Å². The van der Waals surface area contributed by atoms with Gasteiger partial charge >= 0.3 is 0 Å². The third-order valence-electron chi connectivity index (χ3n) is 2.69. The van der Waals surface area contributed by atoms with Crippen molar-refractivity contribution in [2.75, 3.05) is 6.54 Å². The molecule has 0 amide bonds. The second kappa shape index (κ2) is 4.41. The van der Waals surface area contributed by atoms with Crippen LogP contribution in [0.2, 0.25) is 0 Å². The summed E-state index contributed by atoms with van der Waals surface area (Å²) in [4.78, 5) is 4.19. The molecule has 1 aromatic carbocycles. The van der Waals surface area contributed by atoms with Crippen molar-refractivity contribution in [3.05, 3.63) is 42.2 Å². The maximum absolute atomic E-state index is 4.19. The Bertz CT molecular complexity index is 446. The van der Waals surface area contributed by atoms with Crippen LogP contribution in [0.5, 0.6) is 0 Å². The van der Waals surface area contributed by atoms with E-state index in [1.54, 1.807) is 0 Å². The van der Waals surface area contributed by atoms with Crippen LogP contribution in [0.25, 0.3) is 10.8 Å². The highest BCUT2D eigenvalue weighted by molar-refractivity contribution is 5.85. The predicted octanol–water partition coefficient (Wildman–Crippen LogP) is 2.91. The Morgan fingerprint density at radius 1 is 1.33 bits per heavy atom. The third kappa shape index (κ3) is 2.00. The van der Waals surface area contributed by atoms with Crippen LogP contribution in [0.3, 0.4) is 0 Å². The molecule has 1 aromatic heterocycles. The van der Waals surface area contributed by atoms with E-state index in [-0.39, 0.29) is 0 Å². The fraction of sp³-hybridized carbons (Fsp3) is 0.308. The average molecular weight is 200 g/mol. The quantitative estimate of drug-likeness (QED) is 0.824. The van der Waals surface area contributed by atoms with Gasteiger partial charge in [0.2, 0.25) is 0 Å². The van der Waals surface area contributed by atoms with Crippen molar-refractivity contribution in [2.45, 2.75) is 19.9 Å². The fourth-order valence-corrected chi connectivity index (χ4v) is 1.93. The highest BCUT2D eigenvalue weighted by Crippen LogP contribution is 2.22. The maximum Gasteiger partial charge on any atom is 0.0349 e. The van der Waals surface area contributed by atoms with E-state index in [4.69, 9.17) is 0 Å². The van der Waals surface area contributed by atoms with Crippen molar-refractivity contribution >= 4 is 10.8 Å². The number of pyridine rings is 1. The zero-order chi connectivity index (χ0) is 10.7. The summed E-state index contributed by atoms with van der Waals surface area (Å²) in [6.07, 6.45) is 3.78. The van der Waals surface area contributed by atoms with Gasteiger partial charge in [-0.1, -0.05) is 25.1 Å². The standard InChI is InChI=1S/C13H16N2/c1-3-15-10(2)12-6-4-5-11-7-8-14-9-13(11)12/h4-10,15H,3H2,1-2H3. The lowest BCUT2D eigenvalue weighted by Gasteiger charge is -2.14. The molecular weight excluding hydrogens is 184 g/mol. The first-order chi connectivity index (χ1) is 7.33. The van der Waals surface area contributed by atoms with E-state index in [0.717, 1.165) is 6.54 Å². The zero-order valence-electron chi connectivity index (χ0n) is 9.20. The highest BCUT2D eigenvalue weighted by Gasteiger charge is 2.07. The number of aromatic nitrogens is 1. The maximum atomic E-state index is 4.19. The molecule has 0 fully saturated rings. The van der Waals surface area contributed by atoms with Crippen molar-refractivity contribution in [3.8, 4) is 0 Å². The summed E-state index contributed by atoms with van der Waals surface area (Å²) in [5, 5.41) is 5.93. The van der Waals surface area contributed by atoms with Crippen molar-refractivity contribution < 1.29 is 0 Å². The van der Waals surface area contributed by atoms with Gasteiger partial charge in [0.25, 0.3) is 0 Å². The van der Waals surface area contributed by atoms with Crippen LogP contribution in [0.1, 0.15) is 25.5 Å². The molecular formula is C13H16N2. The molecule has 0 saturated carbocycles. The minimum Gasteiger partial charge on any atom is -0.310 e. The third-order valence-corrected chi connectivity index (χ3v) is 2.69. The second-order valence-corrected chi connectivity index (χ2v) is 3.72. The van der Waals surface area contributed by atoms with Gasteiger partial charge in [-0.05, 0) is 30.5 Å². The first kappa shape index (κ1) is 10.1. The number of fused-ring (bicyclic) bond motifs is 1. The average Bonchev–Trinajstić information content (AvgIpc) is 2.28. The molecule has 0 radical (unpaired) electrons. The largest absolute Gasteiger partial charge is 0.310 e. The molecule has 0 bridgehead atoms. The summed E-state index contributed by atoms with van der Waals surface area (Å²) in [5.41, 5.74) is 1.32. The van der Waals surface area contributed by atoms with E-state index in [1.165, 1.54) is 16.3 Å². The van der Waals surface area contributed by atoms with E-state index in [0.29, 0.717) is 6.04 Å². The van der Waals surface area contributed by atoms with E-state index >= 15 is 0 Å². The molecule has 0 aliphatic heterocycles. The first-order valence-electron chi connectivity index (χ1n) is 5.39. The number of hydrogen-bond donors (Lipinski definition) is 1. The van der Waals surface area contributed by atoms with E-state index in [1.807, 2.05) is 12.4 Å². The molecule has 2 heteroatoms. The molecule has 2 aromatic rings. The number of nitrogens with zero attached hydrogens (tertiary/aromatic N) is 1. The smallest absolute Gasteiger partial charge is 0.0349 e. The lowest BCUT2D eigenvalue weighted by atomic mass is 10.0. The molecule has 0 spiro atoms. The summed E-state index contributed by atoms with van der Waals surface area (Å²) in [7, 11) is 0. The van der Waals surface area contributed by atoms with E-state index in [9.17, 15) is 0 Å². The van der Waals surface area contributed by atoms with Crippen LogP contribution in [-0.2, 0) is 0 Å². The lowest BCUT2D eigenvalue weighted by molar-refractivity contribution is 0.602. The Morgan fingerprint density at radius 3 is 3.00 bits per heavy atom. The molecule has 0 saturated heterocycles. The molecule has 15 heavy (non-hydrogen) atoms. The van der Waals surface area contributed by atoms with Crippen molar-refractivity contribution in [1.82, 2.24) is 10.3 Å². The number of nitrogens with one attached hydrogen (secondary N) is 1. The SMILES string of the molecule is CCNC(C)c1cccc2ccncc12. The first-order valence-corrected chi connectivity index (χ1v) is 5.39. The summed E-state index contributed by atoms with van der Waals surface area (Å²) in [6.45, 7) is 5.29. The normalized spacial score (nSPS) is 12.9. The van der Waals surface area contributed by atoms with Crippen LogP contribution in [0, 0.1) is 0 Å². The molecule has 1 unspecified atom stereocenters. The van der Waals surface area contributed by atoms with Crippen molar-refractivity contribution in [1.29, 1.82) is 0 Å². The van der Waals surface area contributed by atoms with E-state index < -0.39 is 0 Å². The molecule has 1 atom stereocenters. The van der Waals surface area contributed by atoms with Crippen LogP contribution in [0.15, 0.2) is 36.7 Å². The Hall–Kier alpha value is -1.41. The van der Waals surface area contributed by atoms with Gasteiger partial charge < -0.3 is 5.32 Å². The highest BCUT2D eigenvalue weighted by atomic mass is 14.9. The van der Waals surface area contributed by atoms with Gasteiger partial charge in [-0.3, -0.25) is 4.98 Å². The van der Waals surface area contributed by atoms with Crippen LogP contribution >= 0.6 is 0 Å². The minimum absolute atomic E-state index is 0.378. The Labute approximate surface area is 90.3 Å². The monoisotopic (exact) mass is 200 g/mol. The molecule has 2 nitrogen and oxygen atoms in total. The summed E-state index contributed by atoms with van der Waals surface area (Å²) in [6, 6.07) is 8.82. The van der Waals surface area contributed by atoms with Crippen molar-refractivity contribution in [2.24, 2.45) is 0 Å². The summed E-state index contributed by atoms with van der Waals surface area (Å²) < 4.78 is 0. The van der Waals surface area contributed by atoms with Gasteiger partial charge in [0.05, 0.1) is 0 Å². The van der Waals surface area contributed by atoms with Gasteiger partial charge in [0.1, 0.15) is 0 Å².